The van der Waals surface area contributed by atoms with Crippen LogP contribution in [0.3, 0.4) is 0 Å². The molecule has 0 aromatic heterocycles. The SMILES string of the molecule is C#CCOc1ccccc1CN1CC[C@H]2CC[C@@H](C1)N2. The predicted molar refractivity (Wildman–Crippen MR) is 80.6 cm³/mol. The third-order valence-corrected chi connectivity index (χ3v) is 4.28. The number of likely N-dealkylation sites (tertiary alicyclic amines) is 1. The van der Waals surface area contributed by atoms with Gasteiger partial charge in [0.1, 0.15) is 12.4 Å². The molecule has 2 saturated heterocycles. The Hall–Kier alpha value is -1.50. The minimum atomic E-state index is 0.337. The van der Waals surface area contributed by atoms with Crippen molar-refractivity contribution < 1.29 is 4.74 Å². The van der Waals surface area contributed by atoms with E-state index in [-0.39, 0.29) is 0 Å². The first-order valence-electron chi connectivity index (χ1n) is 7.47. The zero-order valence-corrected chi connectivity index (χ0v) is 11.8. The molecular weight excluding hydrogens is 248 g/mol. The first-order valence-corrected chi connectivity index (χ1v) is 7.47. The predicted octanol–water partition coefficient (Wildman–Crippen LogP) is 2.02. The lowest BCUT2D eigenvalue weighted by molar-refractivity contribution is 0.246. The molecule has 0 aliphatic carbocycles. The minimum absolute atomic E-state index is 0.337. The van der Waals surface area contributed by atoms with Crippen LogP contribution in [0.4, 0.5) is 0 Å². The Morgan fingerprint density at radius 1 is 1.25 bits per heavy atom. The van der Waals surface area contributed by atoms with E-state index in [1.165, 1.54) is 24.8 Å². The van der Waals surface area contributed by atoms with E-state index in [9.17, 15) is 0 Å². The van der Waals surface area contributed by atoms with Gasteiger partial charge in [-0.05, 0) is 25.3 Å². The monoisotopic (exact) mass is 270 g/mol. The van der Waals surface area contributed by atoms with Gasteiger partial charge in [-0.2, -0.15) is 0 Å². The molecule has 0 radical (unpaired) electrons. The van der Waals surface area contributed by atoms with Crippen molar-refractivity contribution in [3.05, 3.63) is 29.8 Å². The molecule has 2 fully saturated rings. The Labute approximate surface area is 121 Å². The maximum absolute atomic E-state index is 5.64. The number of fused-ring (bicyclic) bond motifs is 2. The van der Waals surface area contributed by atoms with Crippen molar-refractivity contribution in [2.75, 3.05) is 19.7 Å². The average molecular weight is 270 g/mol. The van der Waals surface area contributed by atoms with E-state index >= 15 is 0 Å². The number of benzene rings is 1. The van der Waals surface area contributed by atoms with E-state index in [0.717, 1.165) is 31.4 Å². The van der Waals surface area contributed by atoms with Crippen LogP contribution in [0.2, 0.25) is 0 Å². The van der Waals surface area contributed by atoms with E-state index in [1.54, 1.807) is 0 Å². The normalized spacial score (nSPS) is 25.9. The van der Waals surface area contributed by atoms with Crippen LogP contribution in [-0.2, 0) is 6.54 Å². The van der Waals surface area contributed by atoms with Crippen LogP contribution in [0.15, 0.2) is 24.3 Å². The summed E-state index contributed by atoms with van der Waals surface area (Å²) < 4.78 is 5.64. The van der Waals surface area contributed by atoms with Crippen LogP contribution in [0.5, 0.6) is 5.75 Å². The first-order chi connectivity index (χ1) is 9.85. The van der Waals surface area contributed by atoms with Crippen LogP contribution in [-0.4, -0.2) is 36.7 Å². The fraction of sp³-hybridized carbons (Fsp3) is 0.529. The van der Waals surface area contributed by atoms with Crippen molar-refractivity contribution >= 4 is 0 Å². The highest BCUT2D eigenvalue weighted by molar-refractivity contribution is 5.33. The van der Waals surface area contributed by atoms with Gasteiger partial charge in [-0.15, -0.1) is 6.42 Å². The van der Waals surface area contributed by atoms with E-state index in [4.69, 9.17) is 11.2 Å². The first kappa shape index (κ1) is 13.5. The molecule has 1 aromatic rings. The number of rotatable bonds is 4. The summed E-state index contributed by atoms with van der Waals surface area (Å²) in [7, 11) is 0. The van der Waals surface area contributed by atoms with Gasteiger partial charge >= 0.3 is 0 Å². The molecular formula is C17H22N2O. The quantitative estimate of drug-likeness (QED) is 0.847. The number of hydrogen-bond donors (Lipinski definition) is 1. The lowest BCUT2D eigenvalue weighted by Gasteiger charge is -2.24. The molecule has 0 saturated carbocycles. The third kappa shape index (κ3) is 3.15. The van der Waals surface area contributed by atoms with Crippen molar-refractivity contribution in [2.24, 2.45) is 0 Å². The molecule has 2 aliphatic rings. The highest BCUT2D eigenvalue weighted by Crippen LogP contribution is 2.24. The molecule has 2 bridgehead atoms. The molecule has 3 nitrogen and oxygen atoms in total. The average Bonchev–Trinajstić information content (AvgIpc) is 2.80. The summed E-state index contributed by atoms with van der Waals surface area (Å²) in [4.78, 5) is 2.54. The Balaban J connectivity index is 1.66. The van der Waals surface area contributed by atoms with E-state index in [2.05, 4.69) is 28.3 Å². The molecule has 0 unspecified atom stereocenters. The van der Waals surface area contributed by atoms with Crippen molar-refractivity contribution in [1.29, 1.82) is 0 Å². The highest BCUT2D eigenvalue weighted by Gasteiger charge is 2.29. The molecule has 3 heteroatoms. The van der Waals surface area contributed by atoms with Gasteiger partial charge in [-0.1, -0.05) is 24.1 Å². The van der Waals surface area contributed by atoms with Gasteiger partial charge in [0.2, 0.25) is 0 Å². The maximum Gasteiger partial charge on any atom is 0.148 e. The third-order valence-electron chi connectivity index (χ3n) is 4.28. The Morgan fingerprint density at radius 2 is 2.10 bits per heavy atom. The van der Waals surface area contributed by atoms with Gasteiger partial charge in [0.25, 0.3) is 0 Å². The van der Waals surface area contributed by atoms with E-state index in [0.29, 0.717) is 12.6 Å². The molecule has 0 spiro atoms. The number of nitrogens with zero attached hydrogens (tertiary/aromatic N) is 1. The summed E-state index contributed by atoms with van der Waals surface area (Å²) in [6.07, 6.45) is 9.20. The Morgan fingerprint density at radius 3 is 3.00 bits per heavy atom. The number of para-hydroxylation sites is 1. The molecule has 20 heavy (non-hydrogen) atoms. The summed E-state index contributed by atoms with van der Waals surface area (Å²) in [6, 6.07) is 9.62. The molecule has 3 rings (SSSR count). The molecule has 1 aromatic carbocycles. The summed E-state index contributed by atoms with van der Waals surface area (Å²) in [6.45, 7) is 3.59. The summed E-state index contributed by atoms with van der Waals surface area (Å²) in [5.41, 5.74) is 1.24. The van der Waals surface area contributed by atoms with Gasteiger partial charge in [0, 0.05) is 37.3 Å². The number of nitrogens with one attached hydrogen (secondary N) is 1. The molecule has 1 N–H and O–H groups in total. The van der Waals surface area contributed by atoms with Crippen LogP contribution in [0, 0.1) is 12.3 Å². The lowest BCUT2D eigenvalue weighted by Crippen LogP contribution is -2.35. The van der Waals surface area contributed by atoms with Crippen LogP contribution in [0.25, 0.3) is 0 Å². The molecule has 106 valence electrons. The van der Waals surface area contributed by atoms with Gasteiger partial charge in [-0.3, -0.25) is 4.90 Å². The summed E-state index contributed by atoms with van der Waals surface area (Å²) >= 11 is 0. The smallest absolute Gasteiger partial charge is 0.148 e. The second-order valence-electron chi connectivity index (χ2n) is 5.76. The molecule has 2 aliphatic heterocycles. The fourth-order valence-electron chi connectivity index (χ4n) is 3.29. The van der Waals surface area contributed by atoms with Crippen LogP contribution in [0.1, 0.15) is 24.8 Å². The van der Waals surface area contributed by atoms with Crippen molar-refractivity contribution in [1.82, 2.24) is 10.2 Å². The summed E-state index contributed by atoms with van der Waals surface area (Å²) in [5.74, 6) is 3.46. The van der Waals surface area contributed by atoms with Crippen LogP contribution >= 0.6 is 0 Å². The highest BCUT2D eigenvalue weighted by atomic mass is 16.5. The van der Waals surface area contributed by atoms with Crippen molar-refractivity contribution in [3.8, 4) is 18.1 Å². The Kier molecular flexibility index (Phi) is 4.25. The van der Waals surface area contributed by atoms with Gasteiger partial charge < -0.3 is 10.1 Å². The fourth-order valence-corrected chi connectivity index (χ4v) is 3.29. The minimum Gasteiger partial charge on any atom is -0.481 e. The van der Waals surface area contributed by atoms with Crippen molar-refractivity contribution in [2.45, 2.75) is 37.9 Å². The second kappa shape index (κ2) is 6.30. The van der Waals surface area contributed by atoms with Gasteiger partial charge in [0.05, 0.1) is 0 Å². The number of ether oxygens (including phenoxy) is 1. The standard InChI is InChI=1S/C17H22N2O/c1-2-11-20-17-6-4-3-5-14(17)12-19-10-9-15-7-8-16(13-19)18-15/h1,3-6,15-16,18H,7-13H2/t15-,16+/m1/s1. The zero-order valence-electron chi connectivity index (χ0n) is 11.8. The van der Waals surface area contributed by atoms with E-state index < -0.39 is 0 Å². The molecule has 0 amide bonds. The summed E-state index contributed by atoms with van der Waals surface area (Å²) in [5, 5.41) is 3.72. The van der Waals surface area contributed by atoms with Gasteiger partial charge in [0.15, 0.2) is 0 Å². The zero-order chi connectivity index (χ0) is 13.8. The largest absolute Gasteiger partial charge is 0.481 e. The van der Waals surface area contributed by atoms with Gasteiger partial charge in [-0.25, -0.2) is 0 Å². The Bertz CT molecular complexity index is 494. The van der Waals surface area contributed by atoms with E-state index in [1.807, 2.05) is 12.1 Å². The number of terminal acetylenes is 1. The maximum atomic E-state index is 5.64. The molecule has 2 heterocycles. The number of hydrogen-bond acceptors (Lipinski definition) is 3. The van der Waals surface area contributed by atoms with Crippen molar-refractivity contribution in [3.63, 3.8) is 0 Å². The second-order valence-corrected chi connectivity index (χ2v) is 5.76. The molecule has 2 atom stereocenters. The topological polar surface area (TPSA) is 24.5 Å². The lowest BCUT2D eigenvalue weighted by atomic mass is 10.1. The van der Waals surface area contributed by atoms with Crippen LogP contribution < -0.4 is 10.1 Å².